The zero-order chi connectivity index (χ0) is 25.9. The van der Waals surface area contributed by atoms with E-state index in [1.54, 1.807) is 48.5 Å². The average Bonchev–Trinajstić information content (AvgIpc) is 2.88. The summed E-state index contributed by atoms with van der Waals surface area (Å²) in [6, 6.07) is 23.5. The van der Waals surface area contributed by atoms with Crippen LogP contribution in [0.3, 0.4) is 0 Å². The number of benzene rings is 4. The Bertz CT molecular complexity index is 1520. The SMILES string of the molecule is COc1ccc(C(=O)c2ccc(Oc3ccc(C(=O)c4ccc(C)cc4)cc3)c(S(=O)(=O)O)c2)cc1. The zero-order valence-corrected chi connectivity index (χ0v) is 20.3. The Labute approximate surface area is 208 Å². The maximum absolute atomic E-state index is 12.8. The summed E-state index contributed by atoms with van der Waals surface area (Å²) >= 11 is 0. The van der Waals surface area contributed by atoms with Gasteiger partial charge in [-0.25, -0.2) is 0 Å². The van der Waals surface area contributed by atoms with Gasteiger partial charge in [-0.1, -0.05) is 29.8 Å². The third kappa shape index (κ3) is 5.51. The summed E-state index contributed by atoms with van der Waals surface area (Å²) in [4.78, 5) is 25.0. The minimum absolute atomic E-state index is 0.0548. The first-order valence-corrected chi connectivity index (χ1v) is 12.3. The Kier molecular flexibility index (Phi) is 7.00. The molecule has 0 aromatic heterocycles. The highest BCUT2D eigenvalue weighted by atomic mass is 32.2. The van der Waals surface area contributed by atoms with Crippen molar-refractivity contribution in [1.29, 1.82) is 0 Å². The fraction of sp³-hybridized carbons (Fsp3) is 0.0714. The quantitative estimate of drug-likeness (QED) is 0.250. The van der Waals surface area contributed by atoms with Crippen LogP contribution in [0.5, 0.6) is 17.2 Å². The Hall–Kier alpha value is -4.27. The van der Waals surface area contributed by atoms with Crippen LogP contribution >= 0.6 is 0 Å². The van der Waals surface area contributed by atoms with Gasteiger partial charge in [-0.3, -0.25) is 14.1 Å². The van der Waals surface area contributed by atoms with Gasteiger partial charge in [0, 0.05) is 22.3 Å². The van der Waals surface area contributed by atoms with Crippen molar-refractivity contribution in [2.75, 3.05) is 7.11 Å². The molecular weight excluding hydrogens is 480 g/mol. The molecule has 0 aliphatic carbocycles. The number of ether oxygens (including phenoxy) is 2. The van der Waals surface area contributed by atoms with Crippen molar-refractivity contribution in [3.63, 3.8) is 0 Å². The third-order valence-corrected chi connectivity index (χ3v) is 6.37. The molecule has 8 heteroatoms. The molecule has 4 aromatic carbocycles. The second-order valence-corrected chi connectivity index (χ2v) is 9.41. The molecule has 0 unspecified atom stereocenters. The minimum atomic E-state index is -4.71. The topological polar surface area (TPSA) is 107 Å². The van der Waals surface area contributed by atoms with Gasteiger partial charge in [0.25, 0.3) is 10.1 Å². The van der Waals surface area contributed by atoms with E-state index in [4.69, 9.17) is 9.47 Å². The van der Waals surface area contributed by atoms with E-state index in [-0.39, 0.29) is 22.8 Å². The van der Waals surface area contributed by atoms with Gasteiger partial charge >= 0.3 is 0 Å². The molecule has 0 aliphatic rings. The largest absolute Gasteiger partial charge is 0.497 e. The normalized spacial score (nSPS) is 11.1. The number of hydrogen-bond acceptors (Lipinski definition) is 6. The molecular formula is C28H22O7S. The van der Waals surface area contributed by atoms with Crippen molar-refractivity contribution in [1.82, 2.24) is 0 Å². The Morgan fingerprint density at radius 1 is 0.667 bits per heavy atom. The smallest absolute Gasteiger partial charge is 0.298 e. The molecule has 0 saturated carbocycles. The van der Waals surface area contributed by atoms with Gasteiger partial charge < -0.3 is 9.47 Å². The molecule has 4 rings (SSSR count). The second-order valence-electron chi connectivity index (χ2n) is 8.02. The molecule has 1 N–H and O–H groups in total. The van der Waals surface area contributed by atoms with Crippen LogP contribution in [0.25, 0.3) is 0 Å². The fourth-order valence-corrected chi connectivity index (χ4v) is 4.16. The first kappa shape index (κ1) is 24.8. The van der Waals surface area contributed by atoms with Crippen LogP contribution < -0.4 is 9.47 Å². The Balaban J connectivity index is 1.59. The first-order valence-electron chi connectivity index (χ1n) is 10.9. The van der Waals surface area contributed by atoms with Gasteiger partial charge in [0.05, 0.1) is 7.11 Å². The van der Waals surface area contributed by atoms with Crippen molar-refractivity contribution in [3.05, 3.63) is 119 Å². The van der Waals surface area contributed by atoms with E-state index in [0.717, 1.165) is 11.6 Å². The van der Waals surface area contributed by atoms with E-state index in [2.05, 4.69) is 0 Å². The summed E-state index contributed by atoms with van der Waals surface area (Å²) < 4.78 is 44.7. The summed E-state index contributed by atoms with van der Waals surface area (Å²) in [6.07, 6.45) is 0. The van der Waals surface area contributed by atoms with Crippen molar-refractivity contribution >= 4 is 21.7 Å². The number of hydrogen-bond donors (Lipinski definition) is 1. The highest BCUT2D eigenvalue weighted by molar-refractivity contribution is 7.86. The van der Waals surface area contributed by atoms with E-state index < -0.39 is 20.8 Å². The van der Waals surface area contributed by atoms with Crippen LogP contribution in [0, 0.1) is 6.92 Å². The summed E-state index contributed by atoms with van der Waals surface area (Å²) in [5.41, 5.74) is 2.39. The number of rotatable bonds is 8. The van der Waals surface area contributed by atoms with Crippen molar-refractivity contribution in [3.8, 4) is 17.2 Å². The average molecular weight is 503 g/mol. The molecule has 182 valence electrons. The van der Waals surface area contributed by atoms with Crippen LogP contribution in [0.15, 0.2) is 95.9 Å². The molecule has 0 saturated heterocycles. The van der Waals surface area contributed by atoms with E-state index in [0.29, 0.717) is 22.4 Å². The third-order valence-electron chi connectivity index (χ3n) is 5.49. The lowest BCUT2D eigenvalue weighted by atomic mass is 10.0. The number of ketones is 2. The molecule has 0 fully saturated rings. The predicted molar refractivity (Wildman–Crippen MR) is 134 cm³/mol. The Morgan fingerprint density at radius 2 is 1.11 bits per heavy atom. The predicted octanol–water partition coefficient (Wildman–Crippen LogP) is 5.50. The molecule has 0 spiro atoms. The maximum Gasteiger partial charge on any atom is 0.298 e. The first-order chi connectivity index (χ1) is 17.2. The lowest BCUT2D eigenvalue weighted by Gasteiger charge is -2.12. The number of methoxy groups -OCH3 is 1. The summed E-state index contributed by atoms with van der Waals surface area (Å²) in [5, 5.41) is 0. The van der Waals surface area contributed by atoms with Gasteiger partial charge in [-0.05, 0) is 73.7 Å². The molecule has 0 amide bonds. The summed E-state index contributed by atoms with van der Waals surface area (Å²) in [7, 11) is -3.21. The van der Waals surface area contributed by atoms with Gasteiger partial charge in [0.15, 0.2) is 11.6 Å². The van der Waals surface area contributed by atoms with Gasteiger partial charge in [0.1, 0.15) is 22.1 Å². The number of carbonyl (C=O) groups excluding carboxylic acids is 2. The summed E-state index contributed by atoms with van der Waals surface area (Å²) in [5.74, 6) is 0.0473. The summed E-state index contributed by atoms with van der Waals surface area (Å²) in [6.45, 7) is 1.93. The lowest BCUT2D eigenvalue weighted by molar-refractivity contribution is 0.103. The fourth-order valence-electron chi connectivity index (χ4n) is 3.52. The number of carbonyl (C=O) groups is 2. The standard InChI is InChI=1S/C28H22O7S/c1-18-3-5-19(6-4-18)27(29)20-9-14-24(15-10-20)35-25-16-11-22(17-26(25)36(31,32)33)28(30)21-7-12-23(34-2)13-8-21/h3-17H,1-2H3,(H,31,32,33). The van der Waals surface area contributed by atoms with Gasteiger partial charge in [0.2, 0.25) is 0 Å². The maximum atomic E-state index is 12.8. The van der Waals surface area contributed by atoms with Gasteiger partial charge in [-0.15, -0.1) is 0 Å². The molecule has 0 radical (unpaired) electrons. The highest BCUT2D eigenvalue weighted by Gasteiger charge is 2.21. The van der Waals surface area contributed by atoms with E-state index in [1.165, 1.54) is 31.4 Å². The van der Waals surface area contributed by atoms with Crippen LogP contribution in [0.1, 0.15) is 37.4 Å². The molecule has 36 heavy (non-hydrogen) atoms. The molecule has 7 nitrogen and oxygen atoms in total. The van der Waals surface area contributed by atoms with Crippen LogP contribution in [-0.4, -0.2) is 31.6 Å². The second kappa shape index (κ2) is 10.2. The monoisotopic (exact) mass is 502 g/mol. The zero-order valence-electron chi connectivity index (χ0n) is 19.5. The Morgan fingerprint density at radius 3 is 1.61 bits per heavy atom. The molecule has 0 heterocycles. The van der Waals surface area contributed by atoms with E-state index in [9.17, 15) is 22.6 Å². The highest BCUT2D eigenvalue weighted by Crippen LogP contribution is 2.31. The van der Waals surface area contributed by atoms with E-state index >= 15 is 0 Å². The van der Waals surface area contributed by atoms with Crippen molar-refractivity contribution in [2.45, 2.75) is 11.8 Å². The molecule has 4 aromatic rings. The lowest BCUT2D eigenvalue weighted by Crippen LogP contribution is -2.06. The van der Waals surface area contributed by atoms with Crippen LogP contribution in [0.2, 0.25) is 0 Å². The molecule has 0 atom stereocenters. The molecule has 0 aliphatic heterocycles. The van der Waals surface area contributed by atoms with E-state index in [1.807, 2.05) is 19.1 Å². The van der Waals surface area contributed by atoms with Crippen molar-refractivity contribution < 1.29 is 32.0 Å². The van der Waals surface area contributed by atoms with Gasteiger partial charge in [-0.2, -0.15) is 8.42 Å². The number of aryl methyl sites for hydroxylation is 1. The van der Waals surface area contributed by atoms with Crippen molar-refractivity contribution in [2.24, 2.45) is 0 Å². The minimum Gasteiger partial charge on any atom is -0.497 e. The van der Waals surface area contributed by atoms with Crippen LogP contribution in [0.4, 0.5) is 0 Å². The molecule has 0 bridgehead atoms. The van der Waals surface area contributed by atoms with Crippen LogP contribution in [-0.2, 0) is 10.1 Å².